The largest absolute Gasteiger partial charge is 0.470 e. The predicted octanol–water partition coefficient (Wildman–Crippen LogP) is 4.52. The van der Waals surface area contributed by atoms with E-state index in [1.165, 1.54) is 6.92 Å². The van der Waals surface area contributed by atoms with Crippen molar-refractivity contribution in [2.75, 3.05) is 0 Å². The first-order valence-corrected chi connectivity index (χ1v) is 5.83. The van der Waals surface area contributed by atoms with Crippen molar-refractivity contribution in [1.29, 1.82) is 0 Å². The monoisotopic (exact) mass is 364 g/mol. The van der Waals surface area contributed by atoms with E-state index in [0.717, 1.165) is 18.2 Å². The molecule has 0 heterocycles. The molecular weight excluding hydrogens is 358 g/mol. The van der Waals surface area contributed by atoms with Gasteiger partial charge in [0.05, 0.1) is 4.47 Å². The molecule has 20 heavy (non-hydrogen) atoms. The number of alkyl halides is 6. The van der Waals surface area contributed by atoms with Crippen LogP contribution >= 0.6 is 15.9 Å². The van der Waals surface area contributed by atoms with Crippen LogP contribution in [-0.4, -0.2) is 24.2 Å². The van der Waals surface area contributed by atoms with E-state index in [4.69, 9.17) is 0 Å². The molecule has 0 aliphatic heterocycles. The molecule has 0 unspecified atom stereocenters. The lowest BCUT2D eigenvalue weighted by molar-refractivity contribution is -0.300. The number of hydrogen-bond donors (Lipinski definition) is 0. The maximum atomic E-state index is 12.3. The second kappa shape index (κ2) is 5.63. The molecule has 1 rings (SSSR count). The molecule has 0 spiro atoms. The standard InChI is InChI=1S/C11H7BrF6O2/c1-5(19)6-2-3-8(7(12)4-6)20-9(10(13,14)15)11(16,17)18/h2-4,9H,1H3. The van der Waals surface area contributed by atoms with Crippen LogP contribution in [0.5, 0.6) is 5.75 Å². The Labute approximate surface area is 117 Å². The number of halogens is 7. The van der Waals surface area contributed by atoms with Gasteiger partial charge in [-0.25, -0.2) is 0 Å². The lowest BCUT2D eigenvalue weighted by Crippen LogP contribution is -2.46. The Morgan fingerprint density at radius 2 is 1.65 bits per heavy atom. The summed E-state index contributed by atoms with van der Waals surface area (Å²) >= 11 is 2.77. The van der Waals surface area contributed by atoms with E-state index < -0.39 is 24.2 Å². The lowest BCUT2D eigenvalue weighted by Gasteiger charge is -2.24. The molecule has 0 bridgehead atoms. The highest BCUT2D eigenvalue weighted by Gasteiger charge is 2.59. The summed E-state index contributed by atoms with van der Waals surface area (Å²) in [5.74, 6) is -1.05. The number of rotatable bonds is 3. The van der Waals surface area contributed by atoms with Gasteiger partial charge in [0.1, 0.15) is 5.75 Å². The van der Waals surface area contributed by atoms with Crippen LogP contribution in [0.25, 0.3) is 0 Å². The van der Waals surface area contributed by atoms with Gasteiger partial charge in [-0.1, -0.05) is 0 Å². The Morgan fingerprint density at radius 3 is 2.00 bits per heavy atom. The quantitative estimate of drug-likeness (QED) is 0.582. The number of Topliss-reactive ketones (excluding diaryl/α,β-unsaturated/α-hetero) is 1. The molecule has 1 aromatic rings. The molecule has 0 fully saturated rings. The first-order chi connectivity index (χ1) is 8.93. The van der Waals surface area contributed by atoms with E-state index in [1.54, 1.807) is 0 Å². The highest BCUT2D eigenvalue weighted by atomic mass is 79.9. The van der Waals surface area contributed by atoms with Gasteiger partial charge in [0.15, 0.2) is 5.78 Å². The van der Waals surface area contributed by atoms with E-state index >= 15 is 0 Å². The maximum Gasteiger partial charge on any atom is 0.434 e. The third-order valence-electron chi connectivity index (χ3n) is 2.18. The highest BCUT2D eigenvalue weighted by Crippen LogP contribution is 2.38. The van der Waals surface area contributed by atoms with Crippen molar-refractivity contribution in [3.8, 4) is 5.75 Å². The van der Waals surface area contributed by atoms with Gasteiger partial charge in [-0.05, 0) is 41.1 Å². The molecule has 0 aromatic heterocycles. The first-order valence-electron chi connectivity index (χ1n) is 5.03. The number of ether oxygens (including phenoxy) is 1. The van der Waals surface area contributed by atoms with E-state index in [1.807, 2.05) is 0 Å². The van der Waals surface area contributed by atoms with Crippen molar-refractivity contribution in [3.05, 3.63) is 28.2 Å². The van der Waals surface area contributed by atoms with Crippen LogP contribution in [-0.2, 0) is 0 Å². The number of benzene rings is 1. The van der Waals surface area contributed by atoms with E-state index in [2.05, 4.69) is 20.7 Å². The highest BCUT2D eigenvalue weighted by molar-refractivity contribution is 9.10. The summed E-state index contributed by atoms with van der Waals surface area (Å²) in [4.78, 5) is 11.0. The zero-order chi connectivity index (χ0) is 15.7. The summed E-state index contributed by atoms with van der Waals surface area (Å²) in [6.07, 6.45) is -15.1. The second-order valence-electron chi connectivity index (χ2n) is 3.78. The lowest BCUT2D eigenvalue weighted by atomic mass is 10.1. The van der Waals surface area contributed by atoms with Gasteiger partial charge < -0.3 is 4.74 Å². The minimum absolute atomic E-state index is 0.125. The van der Waals surface area contributed by atoms with E-state index in [-0.39, 0.29) is 15.8 Å². The molecule has 0 N–H and O–H groups in total. The summed E-state index contributed by atoms with van der Waals surface area (Å²) in [6.45, 7) is 1.20. The van der Waals surface area contributed by atoms with Gasteiger partial charge in [0, 0.05) is 5.56 Å². The van der Waals surface area contributed by atoms with Gasteiger partial charge in [-0.15, -0.1) is 0 Å². The minimum atomic E-state index is -5.60. The molecule has 0 saturated carbocycles. The Hall–Kier alpha value is -1.25. The Kier molecular flexibility index (Phi) is 4.73. The van der Waals surface area contributed by atoms with Gasteiger partial charge in [-0.3, -0.25) is 4.79 Å². The fraction of sp³-hybridized carbons (Fsp3) is 0.364. The van der Waals surface area contributed by atoms with Gasteiger partial charge >= 0.3 is 12.4 Å². The summed E-state index contributed by atoms with van der Waals surface area (Å²) < 4.78 is 77.8. The Morgan fingerprint density at radius 1 is 1.15 bits per heavy atom. The average Bonchev–Trinajstić information content (AvgIpc) is 2.23. The molecule has 0 atom stereocenters. The third kappa shape index (κ3) is 4.12. The van der Waals surface area contributed by atoms with E-state index in [9.17, 15) is 31.1 Å². The number of carbonyl (C=O) groups excluding carboxylic acids is 1. The Bertz CT molecular complexity index is 495. The first kappa shape index (κ1) is 16.8. The van der Waals surface area contributed by atoms with Crippen molar-refractivity contribution in [1.82, 2.24) is 0 Å². The predicted molar refractivity (Wildman–Crippen MR) is 60.7 cm³/mol. The molecule has 0 radical (unpaired) electrons. The number of hydrogen-bond acceptors (Lipinski definition) is 2. The summed E-state index contributed by atoms with van der Waals surface area (Å²) in [7, 11) is 0. The molecule has 112 valence electrons. The van der Waals surface area contributed by atoms with Crippen molar-refractivity contribution in [3.63, 3.8) is 0 Å². The third-order valence-corrected chi connectivity index (χ3v) is 2.80. The molecule has 9 heteroatoms. The number of carbonyl (C=O) groups is 1. The molecule has 0 aliphatic rings. The molecule has 0 aliphatic carbocycles. The van der Waals surface area contributed by atoms with Crippen LogP contribution in [0.2, 0.25) is 0 Å². The van der Waals surface area contributed by atoms with Crippen LogP contribution in [0.3, 0.4) is 0 Å². The van der Waals surface area contributed by atoms with Crippen molar-refractivity contribution >= 4 is 21.7 Å². The van der Waals surface area contributed by atoms with Crippen LogP contribution in [0.15, 0.2) is 22.7 Å². The number of ketones is 1. The topological polar surface area (TPSA) is 26.3 Å². The minimum Gasteiger partial charge on any atom is -0.470 e. The van der Waals surface area contributed by atoms with Gasteiger partial charge in [0.2, 0.25) is 0 Å². The summed E-state index contributed by atoms with van der Waals surface area (Å²) in [5, 5.41) is 0. The molecule has 0 saturated heterocycles. The summed E-state index contributed by atoms with van der Waals surface area (Å²) in [6, 6.07) is 3.03. The van der Waals surface area contributed by atoms with Crippen LogP contribution < -0.4 is 4.74 Å². The normalized spacial score (nSPS) is 12.7. The summed E-state index contributed by atoms with van der Waals surface area (Å²) in [5.41, 5.74) is 0.125. The van der Waals surface area contributed by atoms with E-state index in [0.29, 0.717) is 0 Å². The van der Waals surface area contributed by atoms with Gasteiger partial charge in [0.25, 0.3) is 6.10 Å². The molecule has 0 amide bonds. The maximum absolute atomic E-state index is 12.3. The Balaban J connectivity index is 3.10. The van der Waals surface area contributed by atoms with Crippen molar-refractivity contribution < 1.29 is 35.9 Å². The van der Waals surface area contributed by atoms with Gasteiger partial charge in [-0.2, -0.15) is 26.3 Å². The second-order valence-corrected chi connectivity index (χ2v) is 4.64. The van der Waals surface area contributed by atoms with Crippen molar-refractivity contribution in [2.24, 2.45) is 0 Å². The van der Waals surface area contributed by atoms with Crippen LogP contribution in [0, 0.1) is 0 Å². The zero-order valence-corrected chi connectivity index (χ0v) is 11.4. The smallest absolute Gasteiger partial charge is 0.434 e. The molecule has 1 aromatic carbocycles. The van der Waals surface area contributed by atoms with Crippen molar-refractivity contribution in [2.45, 2.75) is 25.4 Å². The molecular formula is C11H7BrF6O2. The molecule has 2 nitrogen and oxygen atoms in total. The van der Waals surface area contributed by atoms with Crippen LogP contribution in [0.4, 0.5) is 26.3 Å². The van der Waals surface area contributed by atoms with Crippen LogP contribution in [0.1, 0.15) is 17.3 Å². The average molecular weight is 365 g/mol. The SMILES string of the molecule is CC(=O)c1ccc(OC(C(F)(F)F)C(F)(F)F)c(Br)c1. The zero-order valence-electron chi connectivity index (χ0n) is 9.77. The fourth-order valence-electron chi connectivity index (χ4n) is 1.26. The fourth-order valence-corrected chi connectivity index (χ4v) is 1.73.